The molecule has 0 bridgehead atoms. The Morgan fingerprint density at radius 3 is 2.51 bits per heavy atom. The molecule has 0 aliphatic carbocycles. The van der Waals surface area contributed by atoms with Crippen molar-refractivity contribution in [3.05, 3.63) is 47.4 Å². The fraction of sp³-hybridized carbons (Fsp3) is 0.462. The Morgan fingerprint density at radius 2 is 1.86 bits per heavy atom. The van der Waals surface area contributed by atoms with E-state index in [-0.39, 0.29) is 11.9 Å². The van der Waals surface area contributed by atoms with Gasteiger partial charge in [0.2, 0.25) is 5.88 Å². The van der Waals surface area contributed by atoms with E-state index in [4.69, 9.17) is 24.9 Å². The lowest BCUT2D eigenvalue weighted by molar-refractivity contribution is -0.150. The Kier molecular flexibility index (Phi) is 5.26. The van der Waals surface area contributed by atoms with Gasteiger partial charge in [0.1, 0.15) is 17.2 Å². The molecule has 0 amide bonds. The lowest BCUT2D eigenvalue weighted by Gasteiger charge is -2.38. The van der Waals surface area contributed by atoms with Crippen LogP contribution in [0.4, 0.5) is 11.6 Å². The molecule has 5 heterocycles. The highest BCUT2D eigenvalue weighted by Crippen LogP contribution is 2.39. The van der Waals surface area contributed by atoms with Crippen LogP contribution in [-0.4, -0.2) is 45.3 Å². The van der Waals surface area contributed by atoms with Crippen molar-refractivity contribution < 1.29 is 19.0 Å². The van der Waals surface area contributed by atoms with Gasteiger partial charge in [-0.1, -0.05) is 6.92 Å². The number of pyridine rings is 3. The lowest BCUT2D eigenvalue weighted by Crippen LogP contribution is -2.51. The number of carbonyl (C=O) groups is 1. The molecule has 5 rings (SSSR count). The first-order valence-corrected chi connectivity index (χ1v) is 11.7. The van der Waals surface area contributed by atoms with Crippen molar-refractivity contribution in [3.63, 3.8) is 0 Å². The fourth-order valence-corrected chi connectivity index (χ4v) is 4.35. The zero-order valence-corrected chi connectivity index (χ0v) is 20.9. The number of nitrogens with zero attached hydrogens (tertiary/aromatic N) is 3. The molecule has 9 nitrogen and oxygen atoms in total. The number of nitrogens with one attached hydrogen (secondary N) is 1. The van der Waals surface area contributed by atoms with Crippen molar-refractivity contribution in [2.75, 3.05) is 18.5 Å². The largest absolute Gasteiger partial charge is 0.466 e. The second-order valence-electron chi connectivity index (χ2n) is 10.8. The van der Waals surface area contributed by atoms with Gasteiger partial charge in [-0.25, -0.2) is 19.7 Å². The van der Waals surface area contributed by atoms with Crippen LogP contribution in [0.3, 0.4) is 0 Å². The van der Waals surface area contributed by atoms with Crippen LogP contribution in [0.1, 0.15) is 69.1 Å². The molecule has 0 radical (unpaired) electrons. The molecule has 0 saturated carbocycles. The monoisotopic (exact) mass is 477 g/mol. The first-order valence-electron chi connectivity index (χ1n) is 11.7. The minimum atomic E-state index is -0.635. The van der Waals surface area contributed by atoms with Crippen molar-refractivity contribution in [3.8, 4) is 5.88 Å². The number of anilines is 2. The average Bonchev–Trinajstić information content (AvgIpc) is 2.75. The zero-order chi connectivity index (χ0) is 25.2. The van der Waals surface area contributed by atoms with Crippen LogP contribution in [0, 0.1) is 0 Å². The molecule has 2 aliphatic heterocycles. The van der Waals surface area contributed by atoms with Crippen LogP contribution >= 0.6 is 0 Å². The molecular formula is C26H31N5O4. The van der Waals surface area contributed by atoms with Gasteiger partial charge in [0.15, 0.2) is 5.60 Å². The molecule has 1 fully saturated rings. The van der Waals surface area contributed by atoms with Gasteiger partial charge in [-0.05, 0) is 63.8 Å². The Hall–Kier alpha value is -3.30. The van der Waals surface area contributed by atoms with E-state index in [9.17, 15) is 4.79 Å². The summed E-state index contributed by atoms with van der Waals surface area (Å²) in [4.78, 5) is 26.3. The molecule has 3 N–H and O–H groups in total. The van der Waals surface area contributed by atoms with E-state index >= 15 is 0 Å². The maximum absolute atomic E-state index is 12.4. The predicted octanol–water partition coefficient (Wildman–Crippen LogP) is 4.18. The number of esters is 1. The third kappa shape index (κ3) is 4.19. The minimum Gasteiger partial charge on any atom is -0.466 e. The van der Waals surface area contributed by atoms with E-state index in [1.165, 1.54) is 0 Å². The number of carbonyl (C=O) groups excluding carboxylic acids is 1. The quantitative estimate of drug-likeness (QED) is 0.521. The van der Waals surface area contributed by atoms with Crippen molar-refractivity contribution in [2.24, 2.45) is 5.73 Å². The molecule has 1 atom stereocenters. The van der Waals surface area contributed by atoms with Crippen LogP contribution in [0.5, 0.6) is 5.88 Å². The molecule has 1 saturated heterocycles. The van der Waals surface area contributed by atoms with E-state index in [1.807, 2.05) is 47.6 Å². The SMILES string of the molecule is C[C@@H]1c2nc(Nc3cc4c(C(C)(C)N)cnc(OC5(C)COC5)c4cn3)ccc2C(=O)OC1(C)C. The van der Waals surface area contributed by atoms with Crippen molar-refractivity contribution in [1.29, 1.82) is 0 Å². The summed E-state index contributed by atoms with van der Waals surface area (Å²) in [6.45, 7) is 12.7. The Balaban J connectivity index is 1.53. The summed E-state index contributed by atoms with van der Waals surface area (Å²) in [5.41, 5.74) is 6.87. The lowest BCUT2D eigenvalue weighted by atomic mass is 9.84. The van der Waals surface area contributed by atoms with Crippen LogP contribution in [0.2, 0.25) is 0 Å². The maximum atomic E-state index is 12.4. The normalized spacial score (nSPS) is 20.5. The smallest absolute Gasteiger partial charge is 0.340 e. The van der Waals surface area contributed by atoms with Gasteiger partial charge in [-0.3, -0.25) is 0 Å². The van der Waals surface area contributed by atoms with E-state index in [0.29, 0.717) is 42.0 Å². The minimum absolute atomic E-state index is 0.0613. The highest BCUT2D eigenvalue weighted by molar-refractivity contribution is 5.93. The van der Waals surface area contributed by atoms with Crippen molar-refractivity contribution in [1.82, 2.24) is 15.0 Å². The van der Waals surface area contributed by atoms with Crippen molar-refractivity contribution >= 4 is 28.4 Å². The summed E-state index contributed by atoms with van der Waals surface area (Å²) in [5.74, 6) is 1.27. The van der Waals surface area contributed by atoms with E-state index in [1.54, 1.807) is 24.5 Å². The highest BCUT2D eigenvalue weighted by atomic mass is 16.6. The Bertz CT molecular complexity index is 1330. The molecule has 0 spiro atoms. The van der Waals surface area contributed by atoms with Gasteiger partial charge in [0, 0.05) is 23.9 Å². The summed E-state index contributed by atoms with van der Waals surface area (Å²) < 4.78 is 17.1. The topological polar surface area (TPSA) is 121 Å². The Labute approximate surface area is 204 Å². The highest BCUT2D eigenvalue weighted by Gasteiger charge is 2.40. The zero-order valence-electron chi connectivity index (χ0n) is 20.9. The van der Waals surface area contributed by atoms with Gasteiger partial charge in [0.05, 0.1) is 29.9 Å². The Morgan fingerprint density at radius 1 is 1.11 bits per heavy atom. The second kappa shape index (κ2) is 7.86. The summed E-state index contributed by atoms with van der Waals surface area (Å²) in [6.07, 6.45) is 3.50. The summed E-state index contributed by atoms with van der Waals surface area (Å²) in [6, 6.07) is 5.42. The standard InChI is InChI=1S/C26H31N5O4/c1-14-21-15(23(32)35-25(14,4)5)7-8-19(31-21)30-20-9-16-17(10-28-20)22(34-26(6)12-33-13-26)29-11-18(16)24(2,3)27/h7-11,14H,12-13,27H2,1-6H3,(H,28,30,31)/t14-/m1/s1. The first kappa shape index (κ1) is 23.4. The van der Waals surface area contributed by atoms with E-state index in [0.717, 1.165) is 16.3 Å². The summed E-state index contributed by atoms with van der Waals surface area (Å²) >= 11 is 0. The van der Waals surface area contributed by atoms with Gasteiger partial charge in [-0.15, -0.1) is 0 Å². The van der Waals surface area contributed by atoms with E-state index in [2.05, 4.69) is 15.3 Å². The average molecular weight is 478 g/mol. The molecule has 35 heavy (non-hydrogen) atoms. The summed E-state index contributed by atoms with van der Waals surface area (Å²) in [7, 11) is 0. The van der Waals surface area contributed by atoms with Crippen molar-refractivity contribution in [2.45, 2.75) is 64.2 Å². The molecule has 3 aromatic rings. The number of nitrogens with two attached hydrogens (primary N) is 1. The van der Waals surface area contributed by atoms with Gasteiger partial charge in [-0.2, -0.15) is 0 Å². The predicted molar refractivity (Wildman–Crippen MR) is 132 cm³/mol. The number of cyclic esters (lactones) is 1. The van der Waals surface area contributed by atoms with Crippen LogP contribution in [0.25, 0.3) is 10.8 Å². The van der Waals surface area contributed by atoms with Crippen LogP contribution in [0.15, 0.2) is 30.6 Å². The maximum Gasteiger partial charge on any atom is 0.340 e. The van der Waals surface area contributed by atoms with Gasteiger partial charge >= 0.3 is 5.97 Å². The molecule has 184 valence electrons. The van der Waals surface area contributed by atoms with Crippen LogP contribution < -0.4 is 15.8 Å². The molecule has 0 aromatic carbocycles. The molecule has 0 unspecified atom stereocenters. The van der Waals surface area contributed by atoms with E-state index < -0.39 is 16.7 Å². The molecule has 9 heteroatoms. The van der Waals surface area contributed by atoms with Gasteiger partial charge in [0.25, 0.3) is 0 Å². The molecule has 3 aromatic heterocycles. The van der Waals surface area contributed by atoms with Gasteiger partial charge < -0.3 is 25.3 Å². The number of hydrogen-bond donors (Lipinski definition) is 2. The second-order valence-corrected chi connectivity index (χ2v) is 10.8. The number of hydrogen-bond acceptors (Lipinski definition) is 9. The number of aromatic nitrogens is 3. The third-order valence-electron chi connectivity index (χ3n) is 6.80. The molecular weight excluding hydrogens is 446 g/mol. The first-order chi connectivity index (χ1) is 16.4. The summed E-state index contributed by atoms with van der Waals surface area (Å²) in [5, 5.41) is 4.94. The van der Waals surface area contributed by atoms with Crippen LogP contribution in [-0.2, 0) is 15.0 Å². The third-order valence-corrected chi connectivity index (χ3v) is 6.80. The number of rotatable bonds is 5. The fourth-order valence-electron chi connectivity index (χ4n) is 4.35. The number of ether oxygens (including phenoxy) is 3. The molecule has 2 aliphatic rings. The number of fused-ring (bicyclic) bond motifs is 2.